The van der Waals surface area contributed by atoms with Gasteiger partial charge in [0.05, 0.1) is 12.2 Å². The second kappa shape index (κ2) is 8.34. The smallest absolute Gasteiger partial charge is 0.357 e. The van der Waals surface area contributed by atoms with Crippen LogP contribution >= 0.6 is 7.60 Å². The lowest BCUT2D eigenvalue weighted by atomic mass is 10.2. The van der Waals surface area contributed by atoms with Crippen LogP contribution in [0, 0.1) is 0 Å². The van der Waals surface area contributed by atoms with Gasteiger partial charge in [0.25, 0.3) is 0 Å². The molecule has 0 spiro atoms. The van der Waals surface area contributed by atoms with E-state index in [0.29, 0.717) is 11.5 Å². The maximum Gasteiger partial charge on any atom is 0.357 e. The summed E-state index contributed by atoms with van der Waals surface area (Å²) in [4.78, 5) is 0. The van der Waals surface area contributed by atoms with Crippen molar-refractivity contribution < 1.29 is 23.1 Å². The van der Waals surface area contributed by atoms with E-state index >= 15 is 0 Å². The van der Waals surface area contributed by atoms with E-state index in [1.165, 1.54) is 0 Å². The molecule has 6 nitrogen and oxygen atoms in total. The number of rotatable bonds is 8. The number of hydrogen-bond donors (Lipinski definition) is 1. The summed E-state index contributed by atoms with van der Waals surface area (Å²) in [5, 5.41) is 3.33. The summed E-state index contributed by atoms with van der Waals surface area (Å²) in [6.45, 7) is 7.55. The minimum absolute atomic E-state index is 0.179. The SMILES string of the molecule is CC(C)OP(=O)(OC(C)C)[C@@H](Nc1ccccc1)c1ccc2c(c1)OCO2. The molecule has 1 atom stereocenters. The van der Waals surface area contributed by atoms with Crippen molar-refractivity contribution in [2.45, 2.75) is 45.7 Å². The highest BCUT2D eigenvalue weighted by Gasteiger charge is 2.40. The molecule has 2 aromatic rings. The molecule has 0 amide bonds. The van der Waals surface area contributed by atoms with E-state index in [-0.39, 0.29) is 19.0 Å². The number of benzene rings is 2. The first-order valence-electron chi connectivity index (χ1n) is 9.05. The monoisotopic (exact) mass is 391 g/mol. The zero-order chi connectivity index (χ0) is 19.4. The number of para-hydroxylation sites is 1. The van der Waals surface area contributed by atoms with E-state index in [1.54, 1.807) is 0 Å². The van der Waals surface area contributed by atoms with Gasteiger partial charge in [-0.25, -0.2) is 0 Å². The average Bonchev–Trinajstić information content (AvgIpc) is 3.06. The van der Waals surface area contributed by atoms with E-state index < -0.39 is 13.4 Å². The van der Waals surface area contributed by atoms with E-state index in [4.69, 9.17) is 18.5 Å². The van der Waals surface area contributed by atoms with Gasteiger partial charge in [0.15, 0.2) is 17.3 Å². The van der Waals surface area contributed by atoms with Crippen molar-refractivity contribution >= 4 is 13.3 Å². The molecule has 0 saturated carbocycles. The average molecular weight is 391 g/mol. The highest BCUT2D eigenvalue weighted by Crippen LogP contribution is 2.62. The third-order valence-electron chi connectivity index (χ3n) is 3.82. The van der Waals surface area contributed by atoms with E-state index in [1.807, 2.05) is 76.2 Å². The summed E-state index contributed by atoms with van der Waals surface area (Å²) >= 11 is 0. The molecule has 27 heavy (non-hydrogen) atoms. The number of fused-ring (bicyclic) bond motifs is 1. The number of ether oxygens (including phenoxy) is 2. The van der Waals surface area contributed by atoms with Crippen LogP contribution in [0.2, 0.25) is 0 Å². The highest BCUT2D eigenvalue weighted by molar-refractivity contribution is 7.54. The molecule has 0 fully saturated rings. The minimum Gasteiger partial charge on any atom is -0.454 e. The molecule has 1 N–H and O–H groups in total. The van der Waals surface area contributed by atoms with Crippen molar-refractivity contribution in [3.8, 4) is 11.5 Å². The molecule has 7 heteroatoms. The molecule has 146 valence electrons. The molecule has 0 radical (unpaired) electrons. The van der Waals surface area contributed by atoms with Crippen molar-refractivity contribution in [2.24, 2.45) is 0 Å². The van der Waals surface area contributed by atoms with Gasteiger partial charge in [0.1, 0.15) is 0 Å². The van der Waals surface area contributed by atoms with E-state index in [0.717, 1.165) is 11.3 Å². The first-order chi connectivity index (χ1) is 12.9. The van der Waals surface area contributed by atoms with Gasteiger partial charge in [0.2, 0.25) is 6.79 Å². The van der Waals surface area contributed by atoms with Crippen LogP contribution in [0.1, 0.15) is 39.0 Å². The Labute approximate surface area is 160 Å². The van der Waals surface area contributed by atoms with Gasteiger partial charge in [-0.15, -0.1) is 0 Å². The largest absolute Gasteiger partial charge is 0.454 e. The molecular formula is C20H26NO5P. The summed E-state index contributed by atoms with van der Waals surface area (Å²) in [7, 11) is -3.56. The first-order valence-corrected chi connectivity index (χ1v) is 10.7. The van der Waals surface area contributed by atoms with Gasteiger partial charge in [0, 0.05) is 5.69 Å². The second-order valence-corrected chi connectivity index (χ2v) is 8.89. The molecule has 2 aromatic carbocycles. The van der Waals surface area contributed by atoms with E-state index in [9.17, 15) is 4.57 Å². The summed E-state index contributed by atoms with van der Waals surface area (Å²) in [6, 6.07) is 15.1. The number of nitrogens with one attached hydrogen (secondary N) is 1. The summed E-state index contributed by atoms with van der Waals surface area (Å²) in [6.07, 6.45) is -0.521. The summed E-state index contributed by atoms with van der Waals surface area (Å²) in [5.41, 5.74) is 1.56. The lowest BCUT2D eigenvalue weighted by Gasteiger charge is -2.31. The van der Waals surface area contributed by atoms with Crippen LogP contribution in [0.4, 0.5) is 5.69 Å². The quantitative estimate of drug-likeness (QED) is 0.594. The Kier molecular flexibility index (Phi) is 6.10. The van der Waals surface area contributed by atoms with Crippen LogP contribution in [0.3, 0.4) is 0 Å². The molecule has 1 heterocycles. The van der Waals surface area contributed by atoms with Gasteiger partial charge in [-0.2, -0.15) is 0 Å². The first kappa shape index (κ1) is 19.7. The maximum atomic E-state index is 13.9. The Balaban J connectivity index is 2.03. The van der Waals surface area contributed by atoms with Crippen LogP contribution < -0.4 is 14.8 Å². The fourth-order valence-corrected chi connectivity index (χ4v) is 5.16. The second-order valence-electron chi connectivity index (χ2n) is 6.87. The predicted molar refractivity (Wildman–Crippen MR) is 105 cm³/mol. The third-order valence-corrected chi connectivity index (χ3v) is 6.31. The Hall–Kier alpha value is -2.01. The van der Waals surface area contributed by atoms with Crippen molar-refractivity contribution in [1.29, 1.82) is 0 Å². The van der Waals surface area contributed by atoms with Crippen LogP contribution in [0.25, 0.3) is 0 Å². The number of hydrogen-bond acceptors (Lipinski definition) is 6. The fourth-order valence-electron chi connectivity index (χ4n) is 2.85. The lowest BCUT2D eigenvalue weighted by molar-refractivity contribution is 0.138. The van der Waals surface area contributed by atoms with Crippen LogP contribution in [0.5, 0.6) is 11.5 Å². The zero-order valence-electron chi connectivity index (χ0n) is 16.0. The summed E-state index contributed by atoms with van der Waals surface area (Å²) < 4.78 is 36.5. The van der Waals surface area contributed by atoms with Crippen molar-refractivity contribution in [3.63, 3.8) is 0 Å². The van der Waals surface area contributed by atoms with Crippen molar-refractivity contribution in [2.75, 3.05) is 12.1 Å². The summed E-state index contributed by atoms with van der Waals surface area (Å²) in [5.74, 6) is 0.591. The molecule has 1 aliphatic rings. The molecule has 0 bridgehead atoms. The molecule has 0 unspecified atom stereocenters. The fraction of sp³-hybridized carbons (Fsp3) is 0.400. The molecule has 3 rings (SSSR count). The number of anilines is 1. The Morgan fingerprint density at radius 2 is 1.56 bits per heavy atom. The van der Waals surface area contributed by atoms with E-state index in [2.05, 4.69) is 5.32 Å². The van der Waals surface area contributed by atoms with Crippen molar-refractivity contribution in [1.82, 2.24) is 0 Å². The third kappa shape index (κ3) is 4.83. The minimum atomic E-state index is -3.56. The maximum absolute atomic E-state index is 13.9. The van der Waals surface area contributed by atoms with Gasteiger partial charge >= 0.3 is 7.60 Å². The van der Waals surface area contributed by atoms with Gasteiger partial charge in [-0.3, -0.25) is 4.57 Å². The standard InChI is InChI=1S/C20H26NO5P/c1-14(2)25-27(22,26-15(3)4)20(21-17-8-6-5-7-9-17)16-10-11-18-19(12-16)24-13-23-18/h5-12,14-15,20-21H,13H2,1-4H3/t20-/m1/s1. The molecular weight excluding hydrogens is 365 g/mol. The zero-order valence-corrected chi connectivity index (χ0v) is 16.9. The molecule has 0 aromatic heterocycles. The lowest BCUT2D eigenvalue weighted by Crippen LogP contribution is -2.19. The highest BCUT2D eigenvalue weighted by atomic mass is 31.2. The molecule has 0 aliphatic carbocycles. The Morgan fingerprint density at radius 1 is 0.926 bits per heavy atom. The van der Waals surface area contributed by atoms with Gasteiger partial charge < -0.3 is 23.8 Å². The Morgan fingerprint density at radius 3 is 2.19 bits per heavy atom. The van der Waals surface area contributed by atoms with Crippen LogP contribution in [0.15, 0.2) is 48.5 Å². The van der Waals surface area contributed by atoms with Crippen LogP contribution in [-0.4, -0.2) is 19.0 Å². The molecule has 1 aliphatic heterocycles. The van der Waals surface area contributed by atoms with Crippen LogP contribution in [-0.2, 0) is 13.6 Å². The molecule has 0 saturated heterocycles. The van der Waals surface area contributed by atoms with Gasteiger partial charge in [-0.05, 0) is 57.5 Å². The topological polar surface area (TPSA) is 66.0 Å². The van der Waals surface area contributed by atoms with Crippen molar-refractivity contribution in [3.05, 3.63) is 54.1 Å². The van der Waals surface area contributed by atoms with Gasteiger partial charge in [-0.1, -0.05) is 24.3 Å². The normalized spacial score (nSPS) is 14.6. The predicted octanol–water partition coefficient (Wildman–Crippen LogP) is 5.57. The Bertz CT molecular complexity index is 795.